The summed E-state index contributed by atoms with van der Waals surface area (Å²) in [5, 5.41) is 0. The molecule has 5 nitrogen and oxygen atoms in total. The smallest absolute Gasteiger partial charge is 0.456 e. The molecule has 182 valence electrons. The van der Waals surface area contributed by atoms with Crippen LogP contribution in [0.2, 0.25) is 0 Å². The normalized spacial score (nSPS) is 12.6. The lowest BCUT2D eigenvalue weighted by atomic mass is 10.0. The number of hydrogen-bond donors (Lipinski definition) is 0. The number of halogens is 6. The summed E-state index contributed by atoms with van der Waals surface area (Å²) in [5.41, 5.74) is 1.26. The highest BCUT2D eigenvalue weighted by Gasteiger charge is 2.58. The number of ether oxygens (including phenoxy) is 1. The van der Waals surface area contributed by atoms with Gasteiger partial charge in [-0.05, 0) is 35.7 Å². The highest BCUT2D eigenvalue weighted by molar-refractivity contribution is 7.91. The quantitative estimate of drug-likeness (QED) is 0.368. The van der Waals surface area contributed by atoms with E-state index in [1.807, 2.05) is 0 Å². The summed E-state index contributed by atoms with van der Waals surface area (Å²) in [4.78, 5) is 7.53. The first kappa shape index (κ1) is 25.5. The van der Waals surface area contributed by atoms with E-state index in [4.69, 9.17) is 0 Å². The second-order valence-electron chi connectivity index (χ2n) is 7.27. The van der Waals surface area contributed by atoms with Gasteiger partial charge in [0.15, 0.2) is 16.4 Å². The van der Waals surface area contributed by atoms with Crippen LogP contribution < -0.4 is 4.74 Å². The van der Waals surface area contributed by atoms with E-state index in [9.17, 15) is 34.8 Å². The number of hydrogen-bond acceptors (Lipinski definition) is 5. The molecule has 12 heteroatoms. The zero-order valence-electron chi connectivity index (χ0n) is 17.6. The number of rotatable bonds is 8. The van der Waals surface area contributed by atoms with E-state index in [0.717, 1.165) is 12.4 Å². The molecule has 34 heavy (non-hydrogen) atoms. The minimum Gasteiger partial charge on any atom is -0.470 e. The van der Waals surface area contributed by atoms with Crippen LogP contribution in [0.1, 0.15) is 13.3 Å². The maximum absolute atomic E-state index is 13.2. The van der Waals surface area contributed by atoms with Crippen molar-refractivity contribution >= 4 is 9.84 Å². The Morgan fingerprint density at radius 2 is 1.56 bits per heavy atom. The average Bonchev–Trinajstić information content (AvgIpc) is 2.77. The van der Waals surface area contributed by atoms with Gasteiger partial charge in [0.05, 0.1) is 28.7 Å². The molecular weight excluding hydrogens is 486 g/mol. The van der Waals surface area contributed by atoms with Gasteiger partial charge >= 0.3 is 12.1 Å². The van der Waals surface area contributed by atoms with Crippen molar-refractivity contribution in [3.63, 3.8) is 0 Å². The first-order valence-corrected chi connectivity index (χ1v) is 11.5. The van der Waals surface area contributed by atoms with E-state index in [1.165, 1.54) is 36.4 Å². The number of alkyl halides is 5. The van der Waals surface area contributed by atoms with Crippen molar-refractivity contribution in [3.05, 3.63) is 60.7 Å². The lowest BCUT2D eigenvalue weighted by Gasteiger charge is -2.19. The topological polar surface area (TPSA) is 69.2 Å². The number of sulfone groups is 1. The van der Waals surface area contributed by atoms with Gasteiger partial charge in [-0.3, -0.25) is 0 Å². The second kappa shape index (κ2) is 9.61. The summed E-state index contributed by atoms with van der Waals surface area (Å²) in [7, 11) is -3.78. The summed E-state index contributed by atoms with van der Waals surface area (Å²) < 4.78 is 106. The fourth-order valence-electron chi connectivity index (χ4n) is 2.97. The molecule has 0 spiro atoms. The van der Waals surface area contributed by atoms with Crippen LogP contribution in [-0.2, 0) is 9.84 Å². The Balaban J connectivity index is 1.96. The van der Waals surface area contributed by atoms with Gasteiger partial charge in [-0.2, -0.15) is 22.0 Å². The molecule has 0 saturated heterocycles. The molecule has 0 aliphatic carbocycles. The van der Waals surface area contributed by atoms with Crippen LogP contribution in [0.4, 0.5) is 26.3 Å². The molecule has 0 N–H and O–H groups in total. The molecule has 0 saturated carbocycles. The van der Waals surface area contributed by atoms with Crippen LogP contribution in [0.25, 0.3) is 22.4 Å². The highest BCUT2D eigenvalue weighted by atomic mass is 32.2. The maximum atomic E-state index is 13.2. The Labute approximate surface area is 191 Å². The van der Waals surface area contributed by atoms with Gasteiger partial charge in [0.1, 0.15) is 5.82 Å². The summed E-state index contributed by atoms with van der Waals surface area (Å²) >= 11 is 0. The zero-order chi connectivity index (χ0) is 25.1. The third kappa shape index (κ3) is 5.66. The van der Waals surface area contributed by atoms with Gasteiger partial charge in [0, 0.05) is 5.56 Å². The van der Waals surface area contributed by atoms with E-state index in [2.05, 4.69) is 14.7 Å². The van der Waals surface area contributed by atoms with Crippen molar-refractivity contribution in [2.24, 2.45) is 0 Å². The first-order valence-electron chi connectivity index (χ1n) is 9.86. The molecular formula is C22H18F6N2O3S. The van der Waals surface area contributed by atoms with Crippen LogP contribution in [0.3, 0.4) is 0 Å². The Kier molecular flexibility index (Phi) is 7.20. The lowest BCUT2D eigenvalue weighted by molar-refractivity contribution is -0.290. The predicted octanol–water partition coefficient (Wildman–Crippen LogP) is 5.71. The van der Waals surface area contributed by atoms with Gasteiger partial charge in [-0.1, -0.05) is 31.2 Å². The molecule has 0 fully saturated rings. The molecule has 2 aromatic carbocycles. The number of nitrogens with zero attached hydrogens (tertiary/aromatic N) is 2. The molecule has 1 heterocycles. The van der Waals surface area contributed by atoms with E-state index < -0.39 is 40.2 Å². The highest BCUT2D eigenvalue weighted by Crippen LogP contribution is 2.36. The molecule has 0 amide bonds. The van der Waals surface area contributed by atoms with Crippen molar-refractivity contribution < 1.29 is 39.5 Å². The van der Waals surface area contributed by atoms with Gasteiger partial charge in [-0.15, -0.1) is 0 Å². The third-order valence-corrected chi connectivity index (χ3v) is 6.64. The zero-order valence-corrected chi connectivity index (χ0v) is 18.4. The van der Waals surface area contributed by atoms with Crippen LogP contribution in [0.5, 0.6) is 5.88 Å². The average molecular weight is 504 g/mol. The van der Waals surface area contributed by atoms with E-state index in [1.54, 1.807) is 13.0 Å². The van der Waals surface area contributed by atoms with Crippen molar-refractivity contribution in [1.82, 2.24) is 9.97 Å². The van der Waals surface area contributed by atoms with Crippen molar-refractivity contribution in [2.45, 2.75) is 30.3 Å². The molecule has 0 unspecified atom stereocenters. The largest absolute Gasteiger partial charge is 0.470 e. The first-order chi connectivity index (χ1) is 15.8. The van der Waals surface area contributed by atoms with Gasteiger partial charge in [-0.25, -0.2) is 22.8 Å². The summed E-state index contributed by atoms with van der Waals surface area (Å²) in [5.74, 6) is -6.29. The Morgan fingerprint density at radius 3 is 2.12 bits per heavy atom. The molecule has 0 aliphatic rings. The van der Waals surface area contributed by atoms with E-state index >= 15 is 0 Å². The molecule has 0 bridgehead atoms. The fourth-order valence-corrected chi connectivity index (χ4v) is 4.54. The Hall–Kier alpha value is -3.15. The predicted molar refractivity (Wildman–Crippen MR) is 112 cm³/mol. The monoisotopic (exact) mass is 504 g/mol. The lowest BCUT2D eigenvalue weighted by Crippen LogP contribution is -2.41. The van der Waals surface area contributed by atoms with Crippen molar-refractivity contribution in [3.8, 4) is 28.3 Å². The van der Waals surface area contributed by atoms with Crippen LogP contribution in [0, 0.1) is 5.82 Å². The van der Waals surface area contributed by atoms with Gasteiger partial charge in [0.2, 0.25) is 5.88 Å². The Bertz CT molecular complexity index is 1250. The van der Waals surface area contributed by atoms with Crippen molar-refractivity contribution in [2.75, 3.05) is 12.4 Å². The SMILES string of the molecule is CCCS(=O)(=O)c1cc(-c2ccc(F)cc2)ccc1-c1cnc(OCC(F)(F)C(F)(F)F)cn1. The van der Waals surface area contributed by atoms with Crippen molar-refractivity contribution in [1.29, 1.82) is 0 Å². The molecule has 3 rings (SSSR count). The molecule has 1 aromatic heterocycles. The van der Waals surface area contributed by atoms with Gasteiger partial charge in [0.25, 0.3) is 0 Å². The minimum absolute atomic E-state index is 0.0373. The maximum Gasteiger partial charge on any atom is 0.456 e. The summed E-state index contributed by atoms with van der Waals surface area (Å²) in [6, 6.07) is 9.90. The number of benzene rings is 2. The number of aromatic nitrogens is 2. The standard InChI is InChI=1S/C22H18F6N2O3S/c1-2-9-34(31,32)19-10-15(14-3-6-16(23)7-4-14)5-8-17(19)18-11-30-20(12-29-18)33-13-21(24,25)22(26,27)28/h3-8,10-12H,2,9,13H2,1H3. The molecule has 0 atom stereocenters. The Morgan fingerprint density at radius 1 is 0.912 bits per heavy atom. The molecule has 0 aliphatic heterocycles. The van der Waals surface area contributed by atoms with Crippen LogP contribution in [0.15, 0.2) is 59.8 Å². The second-order valence-corrected chi connectivity index (χ2v) is 9.35. The molecule has 3 aromatic rings. The van der Waals surface area contributed by atoms with Crippen LogP contribution in [-0.4, -0.2) is 42.8 Å². The third-order valence-electron chi connectivity index (χ3n) is 4.69. The van der Waals surface area contributed by atoms with Gasteiger partial charge < -0.3 is 4.74 Å². The fraction of sp³-hybridized carbons (Fsp3) is 0.273. The van der Waals surface area contributed by atoms with Crippen LogP contribution >= 0.6 is 0 Å². The summed E-state index contributed by atoms with van der Waals surface area (Å²) in [6.45, 7) is -0.295. The minimum atomic E-state index is -5.78. The molecule has 0 radical (unpaired) electrons. The van der Waals surface area contributed by atoms with E-state index in [-0.39, 0.29) is 21.9 Å². The van der Waals surface area contributed by atoms with E-state index in [0.29, 0.717) is 17.5 Å². The summed E-state index contributed by atoms with van der Waals surface area (Å²) in [6.07, 6.45) is -3.62.